The summed E-state index contributed by atoms with van der Waals surface area (Å²) in [7, 11) is 0. The lowest BCUT2D eigenvalue weighted by Gasteiger charge is -2.32. The zero-order chi connectivity index (χ0) is 23.1. The van der Waals surface area contributed by atoms with Crippen LogP contribution in [0.2, 0.25) is 0 Å². The number of aliphatic hydroxyl groups is 1. The van der Waals surface area contributed by atoms with Gasteiger partial charge in [0, 0.05) is 50.4 Å². The van der Waals surface area contributed by atoms with Gasteiger partial charge in [-0.3, -0.25) is 0 Å². The molecule has 0 bridgehead atoms. The van der Waals surface area contributed by atoms with E-state index in [2.05, 4.69) is 26.5 Å². The summed E-state index contributed by atoms with van der Waals surface area (Å²) in [6, 6.07) is 10.3. The SMILES string of the molecule is Nc1ncnn2c(-c3cccc(C4(O)CCOCC4)c3)cc(-c3cnnn3C3CCOCC3)c12. The molecule has 2 saturated heterocycles. The van der Waals surface area contributed by atoms with Crippen LogP contribution >= 0.6 is 0 Å². The first kappa shape index (κ1) is 21.2. The Morgan fingerprint density at radius 1 is 1.03 bits per heavy atom. The molecule has 2 aliphatic rings. The van der Waals surface area contributed by atoms with Gasteiger partial charge in [-0.25, -0.2) is 14.2 Å². The third-order valence-corrected chi connectivity index (χ3v) is 6.99. The molecular formula is C24H27N7O3. The van der Waals surface area contributed by atoms with Gasteiger partial charge in [0.1, 0.15) is 11.8 Å². The molecule has 3 N–H and O–H groups in total. The minimum Gasteiger partial charge on any atom is -0.385 e. The third kappa shape index (κ3) is 3.54. The van der Waals surface area contributed by atoms with E-state index >= 15 is 0 Å². The van der Waals surface area contributed by atoms with Crippen molar-refractivity contribution < 1.29 is 14.6 Å². The second-order valence-corrected chi connectivity index (χ2v) is 8.98. The van der Waals surface area contributed by atoms with Crippen molar-refractivity contribution >= 4 is 11.3 Å². The van der Waals surface area contributed by atoms with E-state index in [1.165, 1.54) is 6.33 Å². The fraction of sp³-hybridized carbons (Fsp3) is 0.417. The molecule has 5 heterocycles. The molecule has 0 spiro atoms. The molecule has 0 saturated carbocycles. The molecule has 0 amide bonds. The number of fused-ring (bicyclic) bond motifs is 1. The first-order valence-electron chi connectivity index (χ1n) is 11.7. The van der Waals surface area contributed by atoms with E-state index in [1.807, 2.05) is 33.5 Å². The van der Waals surface area contributed by atoms with Gasteiger partial charge in [0.2, 0.25) is 0 Å². The van der Waals surface area contributed by atoms with Gasteiger partial charge in [-0.1, -0.05) is 23.4 Å². The lowest BCUT2D eigenvalue weighted by molar-refractivity contribution is -0.0678. The van der Waals surface area contributed by atoms with Gasteiger partial charge in [0.05, 0.1) is 29.2 Å². The molecule has 0 unspecified atom stereocenters. The smallest absolute Gasteiger partial charge is 0.152 e. The second kappa shape index (κ2) is 8.46. The quantitative estimate of drug-likeness (QED) is 0.475. The molecule has 10 heteroatoms. The monoisotopic (exact) mass is 461 g/mol. The van der Waals surface area contributed by atoms with Gasteiger partial charge in [-0.15, -0.1) is 5.10 Å². The van der Waals surface area contributed by atoms with Crippen molar-refractivity contribution in [1.82, 2.24) is 29.6 Å². The van der Waals surface area contributed by atoms with Gasteiger partial charge in [0.15, 0.2) is 5.82 Å². The molecule has 0 atom stereocenters. The highest BCUT2D eigenvalue weighted by atomic mass is 16.5. The molecule has 2 fully saturated rings. The minimum absolute atomic E-state index is 0.210. The fourth-order valence-electron chi connectivity index (χ4n) is 5.07. The number of rotatable bonds is 4. The van der Waals surface area contributed by atoms with Gasteiger partial charge >= 0.3 is 0 Å². The summed E-state index contributed by atoms with van der Waals surface area (Å²) in [6.45, 7) is 2.51. The van der Waals surface area contributed by atoms with Crippen molar-refractivity contribution in [3.63, 3.8) is 0 Å². The number of ether oxygens (including phenoxy) is 2. The molecule has 176 valence electrons. The number of nitrogen functional groups attached to an aromatic ring is 1. The fourth-order valence-corrected chi connectivity index (χ4v) is 5.07. The van der Waals surface area contributed by atoms with Crippen LogP contribution in [0.1, 0.15) is 37.3 Å². The molecule has 6 rings (SSSR count). The number of nitrogens with zero attached hydrogens (tertiary/aromatic N) is 6. The first-order chi connectivity index (χ1) is 16.6. The summed E-state index contributed by atoms with van der Waals surface area (Å²) in [5, 5.41) is 24.4. The number of anilines is 1. The highest BCUT2D eigenvalue weighted by molar-refractivity contribution is 5.90. The summed E-state index contributed by atoms with van der Waals surface area (Å²) < 4.78 is 14.8. The Hall–Kier alpha value is -3.34. The Bertz CT molecular complexity index is 1320. The van der Waals surface area contributed by atoms with Crippen molar-refractivity contribution in [2.75, 3.05) is 32.2 Å². The van der Waals surface area contributed by atoms with Crippen LogP contribution in [-0.2, 0) is 15.1 Å². The van der Waals surface area contributed by atoms with Crippen molar-refractivity contribution in [3.8, 4) is 22.5 Å². The molecule has 3 aromatic heterocycles. The lowest BCUT2D eigenvalue weighted by Crippen LogP contribution is -2.33. The van der Waals surface area contributed by atoms with Gasteiger partial charge < -0.3 is 20.3 Å². The predicted molar refractivity (Wildman–Crippen MR) is 125 cm³/mol. The van der Waals surface area contributed by atoms with Crippen molar-refractivity contribution in [3.05, 3.63) is 48.4 Å². The van der Waals surface area contributed by atoms with Gasteiger partial charge in [-0.2, -0.15) is 5.10 Å². The number of nitrogens with two attached hydrogens (primary N) is 1. The van der Waals surface area contributed by atoms with E-state index in [9.17, 15) is 5.11 Å². The van der Waals surface area contributed by atoms with Crippen LogP contribution in [-0.4, -0.2) is 61.1 Å². The normalized spacial score (nSPS) is 19.0. The van der Waals surface area contributed by atoms with Crippen LogP contribution in [0.25, 0.3) is 28.0 Å². The summed E-state index contributed by atoms with van der Waals surface area (Å²) in [5.41, 5.74) is 10.6. The Balaban J connectivity index is 1.49. The maximum Gasteiger partial charge on any atom is 0.152 e. The largest absolute Gasteiger partial charge is 0.385 e. The van der Waals surface area contributed by atoms with E-state index < -0.39 is 5.60 Å². The lowest BCUT2D eigenvalue weighted by atomic mass is 9.85. The summed E-state index contributed by atoms with van der Waals surface area (Å²) >= 11 is 0. The standard InChI is InChI=1S/C24H27N7O3/c25-23-22-19(21-14-27-29-30(21)18-4-8-33-9-5-18)13-20(31(22)28-15-26-23)16-2-1-3-17(12-16)24(32)6-10-34-11-7-24/h1-3,12-15,18,32H,4-11H2,(H2,25,26,28). The average Bonchev–Trinajstić information content (AvgIpc) is 3.51. The molecule has 4 aromatic rings. The van der Waals surface area contributed by atoms with E-state index in [0.29, 0.717) is 50.6 Å². The molecule has 1 aromatic carbocycles. The molecule has 0 radical (unpaired) electrons. The van der Waals surface area contributed by atoms with E-state index in [0.717, 1.165) is 40.9 Å². The van der Waals surface area contributed by atoms with Crippen LogP contribution in [0, 0.1) is 0 Å². The molecular weight excluding hydrogens is 434 g/mol. The number of benzene rings is 1. The number of aromatic nitrogens is 6. The Morgan fingerprint density at radius 3 is 2.65 bits per heavy atom. The molecule has 2 aliphatic heterocycles. The van der Waals surface area contributed by atoms with E-state index in [1.54, 1.807) is 6.20 Å². The molecule has 34 heavy (non-hydrogen) atoms. The summed E-state index contributed by atoms with van der Waals surface area (Å²) in [4.78, 5) is 4.25. The molecule has 10 nitrogen and oxygen atoms in total. The van der Waals surface area contributed by atoms with Gasteiger partial charge in [0.25, 0.3) is 0 Å². The van der Waals surface area contributed by atoms with Crippen molar-refractivity contribution in [2.24, 2.45) is 0 Å². The Kier molecular flexibility index (Phi) is 5.28. The van der Waals surface area contributed by atoms with Crippen LogP contribution in [0.4, 0.5) is 5.82 Å². The van der Waals surface area contributed by atoms with E-state index in [-0.39, 0.29) is 6.04 Å². The predicted octanol–water partition coefficient (Wildman–Crippen LogP) is 2.59. The Labute approximate surface area is 196 Å². The molecule has 0 aliphatic carbocycles. The maximum atomic E-state index is 11.2. The van der Waals surface area contributed by atoms with Crippen LogP contribution in [0.3, 0.4) is 0 Å². The maximum absolute atomic E-state index is 11.2. The first-order valence-corrected chi connectivity index (χ1v) is 11.7. The highest BCUT2D eigenvalue weighted by Crippen LogP contribution is 2.38. The van der Waals surface area contributed by atoms with Gasteiger partial charge in [-0.05, 0) is 30.5 Å². The summed E-state index contributed by atoms with van der Waals surface area (Å²) in [5.74, 6) is 0.384. The van der Waals surface area contributed by atoms with Crippen molar-refractivity contribution in [2.45, 2.75) is 37.3 Å². The van der Waals surface area contributed by atoms with Crippen LogP contribution < -0.4 is 5.73 Å². The van der Waals surface area contributed by atoms with Crippen LogP contribution in [0.5, 0.6) is 0 Å². The third-order valence-electron chi connectivity index (χ3n) is 6.99. The van der Waals surface area contributed by atoms with Crippen molar-refractivity contribution in [1.29, 1.82) is 0 Å². The average molecular weight is 462 g/mol. The Morgan fingerprint density at radius 2 is 1.82 bits per heavy atom. The zero-order valence-electron chi connectivity index (χ0n) is 18.8. The highest BCUT2D eigenvalue weighted by Gasteiger charge is 2.32. The number of hydrogen-bond acceptors (Lipinski definition) is 8. The zero-order valence-corrected chi connectivity index (χ0v) is 18.8. The number of hydrogen-bond donors (Lipinski definition) is 2. The second-order valence-electron chi connectivity index (χ2n) is 8.98. The minimum atomic E-state index is -0.899. The van der Waals surface area contributed by atoms with Crippen LogP contribution in [0.15, 0.2) is 42.9 Å². The van der Waals surface area contributed by atoms with E-state index in [4.69, 9.17) is 15.2 Å². The summed E-state index contributed by atoms with van der Waals surface area (Å²) in [6.07, 6.45) is 6.13. The topological polar surface area (TPSA) is 126 Å².